The average molecular weight is 307 g/mol. The Hall–Kier alpha value is -1.39. The SMILES string of the molecule is Cc1c(Cl)cccc1NC(=O)C1CCc2ncsc2C1. The van der Waals surface area contributed by atoms with Gasteiger partial charge in [-0.05, 0) is 43.9 Å². The van der Waals surface area contributed by atoms with Crippen LogP contribution in [0.4, 0.5) is 5.69 Å². The molecule has 1 heterocycles. The van der Waals surface area contributed by atoms with E-state index >= 15 is 0 Å². The van der Waals surface area contributed by atoms with Crippen molar-refractivity contribution in [2.24, 2.45) is 5.92 Å². The monoisotopic (exact) mass is 306 g/mol. The Morgan fingerprint density at radius 1 is 1.50 bits per heavy atom. The van der Waals surface area contributed by atoms with Crippen LogP contribution >= 0.6 is 22.9 Å². The molecule has 0 aliphatic heterocycles. The van der Waals surface area contributed by atoms with E-state index in [1.54, 1.807) is 11.3 Å². The standard InChI is InChI=1S/C15H15ClN2OS/c1-9-11(16)3-2-4-12(9)18-15(19)10-5-6-13-14(7-10)20-8-17-13/h2-4,8,10H,5-7H2,1H3,(H,18,19). The summed E-state index contributed by atoms with van der Waals surface area (Å²) in [5, 5.41) is 3.68. The lowest BCUT2D eigenvalue weighted by Crippen LogP contribution is -2.28. The van der Waals surface area contributed by atoms with Crippen LogP contribution in [0, 0.1) is 12.8 Å². The van der Waals surface area contributed by atoms with E-state index in [1.807, 2.05) is 30.6 Å². The minimum atomic E-state index is 0.0290. The van der Waals surface area contributed by atoms with Gasteiger partial charge < -0.3 is 5.32 Å². The molecular weight excluding hydrogens is 292 g/mol. The number of carbonyl (C=O) groups excluding carboxylic acids is 1. The molecule has 1 aromatic carbocycles. The summed E-state index contributed by atoms with van der Waals surface area (Å²) in [6.07, 6.45) is 2.55. The van der Waals surface area contributed by atoms with E-state index in [9.17, 15) is 4.79 Å². The number of rotatable bonds is 2. The second-order valence-corrected chi connectivity index (χ2v) is 6.41. The number of nitrogens with one attached hydrogen (secondary N) is 1. The van der Waals surface area contributed by atoms with E-state index in [0.717, 1.165) is 36.2 Å². The van der Waals surface area contributed by atoms with E-state index < -0.39 is 0 Å². The summed E-state index contributed by atoms with van der Waals surface area (Å²) in [4.78, 5) is 18.0. The number of hydrogen-bond donors (Lipinski definition) is 1. The van der Waals surface area contributed by atoms with Crippen molar-refractivity contribution in [3.8, 4) is 0 Å². The Bertz CT molecular complexity index is 653. The van der Waals surface area contributed by atoms with Crippen LogP contribution in [0.25, 0.3) is 0 Å². The first kappa shape index (κ1) is 13.6. The first-order valence-corrected chi connectivity index (χ1v) is 7.88. The van der Waals surface area contributed by atoms with Crippen LogP contribution in [-0.4, -0.2) is 10.9 Å². The minimum absolute atomic E-state index is 0.0290. The molecule has 0 bridgehead atoms. The van der Waals surface area contributed by atoms with Crippen LogP contribution < -0.4 is 5.32 Å². The lowest BCUT2D eigenvalue weighted by molar-refractivity contribution is -0.120. The van der Waals surface area contributed by atoms with Gasteiger partial charge in [0.2, 0.25) is 5.91 Å². The topological polar surface area (TPSA) is 42.0 Å². The molecule has 3 rings (SSSR count). The molecular formula is C15H15ClN2OS. The van der Waals surface area contributed by atoms with Gasteiger partial charge >= 0.3 is 0 Å². The van der Waals surface area contributed by atoms with Crippen LogP contribution in [0.15, 0.2) is 23.7 Å². The third-order valence-electron chi connectivity index (χ3n) is 3.78. The highest BCUT2D eigenvalue weighted by molar-refractivity contribution is 7.09. The molecule has 0 spiro atoms. The summed E-state index contributed by atoms with van der Waals surface area (Å²) in [6, 6.07) is 5.57. The smallest absolute Gasteiger partial charge is 0.227 e. The summed E-state index contributed by atoms with van der Waals surface area (Å²) in [7, 11) is 0. The highest BCUT2D eigenvalue weighted by atomic mass is 35.5. The average Bonchev–Trinajstić information content (AvgIpc) is 2.91. The van der Waals surface area contributed by atoms with Crippen molar-refractivity contribution in [2.75, 3.05) is 5.32 Å². The molecule has 1 aromatic heterocycles. The molecule has 5 heteroatoms. The Kier molecular flexibility index (Phi) is 3.76. The fraction of sp³-hybridized carbons (Fsp3) is 0.333. The Balaban J connectivity index is 1.73. The molecule has 1 aliphatic rings. The Labute approximate surface area is 127 Å². The third kappa shape index (κ3) is 2.58. The highest BCUT2D eigenvalue weighted by Crippen LogP contribution is 2.29. The normalized spacial score (nSPS) is 17.6. The van der Waals surface area contributed by atoms with Gasteiger partial charge in [-0.3, -0.25) is 4.79 Å². The first-order valence-electron chi connectivity index (χ1n) is 6.62. The zero-order valence-corrected chi connectivity index (χ0v) is 12.7. The molecule has 104 valence electrons. The largest absolute Gasteiger partial charge is 0.326 e. The Morgan fingerprint density at radius 3 is 3.20 bits per heavy atom. The molecule has 0 saturated heterocycles. The summed E-state index contributed by atoms with van der Waals surface area (Å²) in [5.41, 5.74) is 4.75. The zero-order valence-electron chi connectivity index (χ0n) is 11.1. The summed E-state index contributed by atoms with van der Waals surface area (Å²) >= 11 is 7.72. The number of amides is 1. The quantitative estimate of drug-likeness (QED) is 0.915. The van der Waals surface area contributed by atoms with E-state index in [2.05, 4.69) is 10.3 Å². The van der Waals surface area contributed by atoms with Crippen molar-refractivity contribution >= 4 is 34.5 Å². The van der Waals surface area contributed by atoms with Gasteiger partial charge in [0.05, 0.1) is 11.2 Å². The lowest BCUT2D eigenvalue weighted by atomic mass is 9.90. The molecule has 1 amide bonds. The van der Waals surface area contributed by atoms with Crippen molar-refractivity contribution in [2.45, 2.75) is 26.2 Å². The van der Waals surface area contributed by atoms with Gasteiger partial charge in [-0.1, -0.05) is 17.7 Å². The van der Waals surface area contributed by atoms with Crippen LogP contribution in [0.3, 0.4) is 0 Å². The molecule has 2 aromatic rings. The molecule has 0 fully saturated rings. The second kappa shape index (κ2) is 5.54. The summed E-state index contributed by atoms with van der Waals surface area (Å²) in [6.45, 7) is 1.92. The molecule has 0 radical (unpaired) electrons. The van der Waals surface area contributed by atoms with Crippen molar-refractivity contribution < 1.29 is 4.79 Å². The molecule has 0 saturated carbocycles. The number of anilines is 1. The zero-order chi connectivity index (χ0) is 14.1. The summed E-state index contributed by atoms with van der Waals surface area (Å²) in [5.74, 6) is 0.107. The van der Waals surface area contributed by atoms with Gasteiger partial charge in [0.1, 0.15) is 0 Å². The number of aryl methyl sites for hydroxylation is 1. The van der Waals surface area contributed by atoms with Gasteiger partial charge in [0, 0.05) is 21.5 Å². The fourth-order valence-electron chi connectivity index (χ4n) is 2.50. The maximum absolute atomic E-state index is 12.4. The van der Waals surface area contributed by atoms with E-state index in [0.29, 0.717) is 5.02 Å². The van der Waals surface area contributed by atoms with E-state index in [1.165, 1.54) is 4.88 Å². The fourth-order valence-corrected chi connectivity index (χ4v) is 3.57. The molecule has 3 nitrogen and oxygen atoms in total. The van der Waals surface area contributed by atoms with Crippen LogP contribution in [0.5, 0.6) is 0 Å². The lowest BCUT2D eigenvalue weighted by Gasteiger charge is -2.21. The second-order valence-electron chi connectivity index (χ2n) is 5.06. The third-order valence-corrected chi connectivity index (χ3v) is 5.09. The molecule has 1 unspecified atom stereocenters. The predicted molar refractivity (Wildman–Crippen MR) is 82.4 cm³/mol. The predicted octanol–water partition coefficient (Wildman–Crippen LogP) is 3.85. The molecule has 20 heavy (non-hydrogen) atoms. The maximum atomic E-state index is 12.4. The first-order chi connectivity index (χ1) is 9.65. The minimum Gasteiger partial charge on any atom is -0.326 e. The van der Waals surface area contributed by atoms with Gasteiger partial charge in [-0.2, -0.15) is 0 Å². The van der Waals surface area contributed by atoms with Crippen molar-refractivity contribution in [1.29, 1.82) is 0 Å². The van der Waals surface area contributed by atoms with E-state index in [4.69, 9.17) is 11.6 Å². The van der Waals surface area contributed by atoms with Gasteiger partial charge in [-0.25, -0.2) is 4.98 Å². The van der Waals surface area contributed by atoms with Crippen LogP contribution in [-0.2, 0) is 17.6 Å². The van der Waals surface area contributed by atoms with Gasteiger partial charge in [0.15, 0.2) is 0 Å². The Morgan fingerprint density at radius 2 is 2.35 bits per heavy atom. The number of fused-ring (bicyclic) bond motifs is 1. The van der Waals surface area contributed by atoms with Gasteiger partial charge in [-0.15, -0.1) is 11.3 Å². The summed E-state index contributed by atoms with van der Waals surface area (Å²) < 4.78 is 0. The van der Waals surface area contributed by atoms with Crippen LogP contribution in [0.1, 0.15) is 22.6 Å². The number of benzene rings is 1. The maximum Gasteiger partial charge on any atom is 0.227 e. The van der Waals surface area contributed by atoms with Crippen molar-refractivity contribution in [3.63, 3.8) is 0 Å². The van der Waals surface area contributed by atoms with Crippen molar-refractivity contribution in [3.05, 3.63) is 44.9 Å². The molecule has 1 atom stereocenters. The van der Waals surface area contributed by atoms with E-state index in [-0.39, 0.29) is 11.8 Å². The number of aromatic nitrogens is 1. The molecule has 1 aliphatic carbocycles. The van der Waals surface area contributed by atoms with Gasteiger partial charge in [0.25, 0.3) is 0 Å². The molecule has 1 N–H and O–H groups in total. The highest BCUT2D eigenvalue weighted by Gasteiger charge is 2.26. The van der Waals surface area contributed by atoms with Crippen molar-refractivity contribution in [1.82, 2.24) is 4.98 Å². The number of hydrogen-bond acceptors (Lipinski definition) is 3. The number of carbonyl (C=O) groups is 1. The number of thiazole rings is 1. The number of nitrogens with zero attached hydrogens (tertiary/aromatic N) is 1. The van der Waals surface area contributed by atoms with Crippen LogP contribution in [0.2, 0.25) is 5.02 Å². The number of halogens is 1.